The molecule has 0 saturated heterocycles. The molecule has 3 heterocycles. The molecule has 3 N–H and O–H groups in total. The quantitative estimate of drug-likeness (QED) is 0.470. The van der Waals surface area contributed by atoms with E-state index in [1.54, 1.807) is 13.3 Å². The molecule has 0 aliphatic rings. The Morgan fingerprint density at radius 1 is 1.41 bits per heavy atom. The minimum Gasteiger partial charge on any atom is -0.495 e. The number of hydrogen-bond donors (Lipinski definition) is 2. The maximum Gasteiger partial charge on any atom is 0.271 e. The Balaban J connectivity index is 1.44. The summed E-state index contributed by atoms with van der Waals surface area (Å²) < 4.78 is 8.48. The summed E-state index contributed by atoms with van der Waals surface area (Å²) in [7, 11) is 1.58. The van der Waals surface area contributed by atoms with Gasteiger partial charge >= 0.3 is 0 Å². The number of imidazole rings is 1. The molecule has 29 heavy (non-hydrogen) atoms. The molecule has 0 saturated carbocycles. The van der Waals surface area contributed by atoms with Gasteiger partial charge < -0.3 is 15.8 Å². The van der Waals surface area contributed by atoms with Gasteiger partial charge in [0.2, 0.25) is 0 Å². The number of halogens is 1. The zero-order valence-electron chi connectivity index (χ0n) is 15.9. The van der Waals surface area contributed by atoms with Gasteiger partial charge in [0.25, 0.3) is 5.91 Å². The van der Waals surface area contributed by atoms with Gasteiger partial charge in [-0.2, -0.15) is 10.2 Å². The van der Waals surface area contributed by atoms with Gasteiger partial charge in [0.15, 0.2) is 16.5 Å². The first-order valence-corrected chi connectivity index (χ1v) is 9.36. The number of anilines is 1. The molecule has 1 atom stereocenters. The second-order valence-electron chi connectivity index (χ2n) is 6.67. The third-order valence-corrected chi connectivity index (χ3v) is 4.82. The molecule has 0 spiro atoms. The number of amides is 1. The van der Waals surface area contributed by atoms with Gasteiger partial charge in [-0.25, -0.2) is 9.50 Å². The Morgan fingerprint density at radius 3 is 3.03 bits per heavy atom. The van der Waals surface area contributed by atoms with E-state index in [2.05, 4.69) is 26.6 Å². The SMILES string of the molecule is COc1cc2cnn(CCC(C)NC(=O)c3cnc4[c]cc(Cl)nn34)c2cc1N. The van der Waals surface area contributed by atoms with E-state index in [4.69, 9.17) is 22.1 Å². The summed E-state index contributed by atoms with van der Waals surface area (Å²) >= 11 is 5.89. The van der Waals surface area contributed by atoms with E-state index in [-0.39, 0.29) is 17.1 Å². The molecule has 1 unspecified atom stereocenters. The number of nitrogens with one attached hydrogen (secondary N) is 1. The predicted molar refractivity (Wildman–Crippen MR) is 109 cm³/mol. The number of rotatable bonds is 6. The second-order valence-corrected chi connectivity index (χ2v) is 7.06. The normalized spacial score (nSPS) is 12.4. The van der Waals surface area contributed by atoms with Gasteiger partial charge in [-0.05, 0) is 31.5 Å². The predicted octanol–water partition coefficient (Wildman–Crippen LogP) is 2.33. The molecular weight excluding hydrogens is 394 g/mol. The van der Waals surface area contributed by atoms with Gasteiger partial charge in [0.1, 0.15) is 5.75 Å². The average Bonchev–Trinajstić information content (AvgIpc) is 3.29. The van der Waals surface area contributed by atoms with E-state index < -0.39 is 0 Å². The van der Waals surface area contributed by atoms with E-state index in [1.807, 2.05) is 23.7 Å². The van der Waals surface area contributed by atoms with Gasteiger partial charge in [0.05, 0.1) is 30.7 Å². The number of benzene rings is 1. The van der Waals surface area contributed by atoms with Crippen molar-refractivity contribution < 1.29 is 9.53 Å². The van der Waals surface area contributed by atoms with Crippen LogP contribution in [-0.4, -0.2) is 43.4 Å². The summed E-state index contributed by atoms with van der Waals surface area (Å²) in [4.78, 5) is 16.7. The lowest BCUT2D eigenvalue weighted by Crippen LogP contribution is -2.34. The summed E-state index contributed by atoms with van der Waals surface area (Å²) in [6.07, 6.45) is 3.89. The number of methoxy groups -OCH3 is 1. The van der Waals surface area contributed by atoms with Crippen molar-refractivity contribution >= 4 is 39.7 Å². The zero-order chi connectivity index (χ0) is 20.5. The molecule has 4 aromatic rings. The number of fused-ring (bicyclic) bond motifs is 2. The largest absolute Gasteiger partial charge is 0.495 e. The topological polar surface area (TPSA) is 112 Å². The molecule has 3 aromatic heterocycles. The van der Waals surface area contributed by atoms with Crippen LogP contribution in [0.4, 0.5) is 5.69 Å². The van der Waals surface area contributed by atoms with E-state index in [0.717, 1.165) is 10.9 Å². The Kier molecular flexibility index (Phi) is 4.98. The lowest BCUT2D eigenvalue weighted by molar-refractivity contribution is 0.0930. The first-order chi connectivity index (χ1) is 14.0. The van der Waals surface area contributed by atoms with E-state index in [0.29, 0.717) is 35.7 Å². The molecule has 0 fully saturated rings. The third kappa shape index (κ3) is 3.68. The molecule has 10 heteroatoms. The Morgan fingerprint density at radius 2 is 2.24 bits per heavy atom. The molecule has 1 radical (unpaired) electrons. The van der Waals surface area contributed by atoms with Gasteiger partial charge in [-0.3, -0.25) is 9.48 Å². The second kappa shape index (κ2) is 7.59. The molecule has 0 aliphatic heterocycles. The van der Waals surface area contributed by atoms with Crippen molar-refractivity contribution in [2.24, 2.45) is 0 Å². The van der Waals surface area contributed by atoms with Crippen LogP contribution in [0.2, 0.25) is 5.15 Å². The van der Waals surface area contributed by atoms with Crippen molar-refractivity contribution in [1.29, 1.82) is 0 Å². The summed E-state index contributed by atoms with van der Waals surface area (Å²) in [6, 6.07) is 7.97. The van der Waals surface area contributed by atoms with Crippen molar-refractivity contribution in [3.8, 4) is 5.75 Å². The molecule has 1 amide bonds. The molecule has 0 bridgehead atoms. The molecule has 0 aliphatic carbocycles. The van der Waals surface area contributed by atoms with Gasteiger partial charge in [-0.15, -0.1) is 0 Å². The van der Waals surface area contributed by atoms with Crippen LogP contribution in [0.3, 0.4) is 0 Å². The summed E-state index contributed by atoms with van der Waals surface area (Å²) in [5.41, 5.74) is 8.21. The maximum atomic E-state index is 12.6. The Labute approximate surface area is 171 Å². The number of carbonyl (C=O) groups is 1. The van der Waals surface area contributed by atoms with Gasteiger partial charge in [-0.1, -0.05) is 11.6 Å². The number of aromatic nitrogens is 5. The fourth-order valence-corrected chi connectivity index (χ4v) is 3.24. The highest BCUT2D eigenvalue weighted by molar-refractivity contribution is 6.29. The summed E-state index contributed by atoms with van der Waals surface area (Å²) in [5, 5.41) is 12.6. The Bertz CT molecular complexity index is 1200. The zero-order valence-corrected chi connectivity index (χ0v) is 16.6. The monoisotopic (exact) mass is 412 g/mol. The fraction of sp³-hybridized carbons (Fsp3) is 0.263. The number of carbonyl (C=O) groups excluding carboxylic acids is 1. The first-order valence-electron chi connectivity index (χ1n) is 8.98. The van der Waals surface area contributed by atoms with Crippen LogP contribution in [0.5, 0.6) is 5.75 Å². The van der Waals surface area contributed by atoms with Crippen molar-refractivity contribution in [2.45, 2.75) is 25.9 Å². The van der Waals surface area contributed by atoms with Crippen LogP contribution < -0.4 is 15.8 Å². The number of ether oxygens (including phenoxy) is 1. The average molecular weight is 413 g/mol. The van der Waals surface area contributed by atoms with Crippen molar-refractivity contribution in [3.63, 3.8) is 0 Å². The smallest absolute Gasteiger partial charge is 0.271 e. The highest BCUT2D eigenvalue weighted by Crippen LogP contribution is 2.27. The molecule has 1 aromatic carbocycles. The minimum atomic E-state index is -0.285. The molecule has 4 rings (SSSR count). The number of hydrogen-bond acceptors (Lipinski definition) is 6. The van der Waals surface area contributed by atoms with Crippen LogP contribution in [0.25, 0.3) is 16.6 Å². The van der Waals surface area contributed by atoms with Gasteiger partial charge in [0, 0.05) is 24.0 Å². The van der Waals surface area contributed by atoms with Crippen molar-refractivity contribution in [2.75, 3.05) is 12.8 Å². The summed E-state index contributed by atoms with van der Waals surface area (Å²) in [5.74, 6) is 0.337. The number of nitrogens with zero attached hydrogens (tertiary/aromatic N) is 5. The van der Waals surface area contributed by atoms with E-state index >= 15 is 0 Å². The van der Waals surface area contributed by atoms with Crippen LogP contribution >= 0.6 is 11.6 Å². The van der Waals surface area contributed by atoms with Crippen LogP contribution in [0.1, 0.15) is 23.8 Å². The first kappa shape index (κ1) is 19.0. The van der Waals surface area contributed by atoms with E-state index in [9.17, 15) is 4.79 Å². The third-order valence-electron chi connectivity index (χ3n) is 4.63. The summed E-state index contributed by atoms with van der Waals surface area (Å²) in [6.45, 7) is 2.54. The highest BCUT2D eigenvalue weighted by Gasteiger charge is 2.16. The minimum absolute atomic E-state index is 0.106. The molecular formula is C19H19ClN7O2. The lowest BCUT2D eigenvalue weighted by atomic mass is 10.2. The van der Waals surface area contributed by atoms with Crippen LogP contribution in [0.15, 0.2) is 30.6 Å². The highest BCUT2D eigenvalue weighted by atomic mass is 35.5. The molecule has 149 valence electrons. The standard InChI is InChI=1S/C19H19ClN7O2/c1-11(24-19(28)15-10-22-18-4-3-17(20)25-27(15)18)5-6-26-14-8-13(21)16(29-2)7-12(14)9-23-26/h3,7-11H,5-6,21H2,1-2H3,(H,24,28). The van der Waals surface area contributed by atoms with Crippen molar-refractivity contribution in [1.82, 2.24) is 29.7 Å². The van der Waals surface area contributed by atoms with Crippen LogP contribution in [-0.2, 0) is 6.54 Å². The van der Waals surface area contributed by atoms with Crippen LogP contribution in [0, 0.1) is 6.07 Å². The maximum absolute atomic E-state index is 12.6. The van der Waals surface area contributed by atoms with E-state index in [1.165, 1.54) is 16.8 Å². The number of nitrogen functional groups attached to an aromatic ring is 1. The lowest BCUT2D eigenvalue weighted by Gasteiger charge is -2.14. The Hall–Kier alpha value is -3.33. The van der Waals surface area contributed by atoms with Crippen molar-refractivity contribution in [3.05, 3.63) is 47.5 Å². The number of aryl methyl sites for hydroxylation is 1. The number of nitrogens with two attached hydrogens (primary N) is 1. The fourth-order valence-electron chi connectivity index (χ4n) is 3.11. The molecule has 9 nitrogen and oxygen atoms in total.